The molecule has 2 aliphatic rings. The smallest absolute Gasteiger partial charge is 0.223 e. The number of fused-ring (bicyclic) bond motifs is 1. The first-order chi connectivity index (χ1) is 14.9. The van der Waals surface area contributed by atoms with Crippen LogP contribution in [0.1, 0.15) is 43.6 Å². The maximum absolute atomic E-state index is 14.4. The van der Waals surface area contributed by atoms with Gasteiger partial charge < -0.3 is 10.3 Å². The average molecular weight is 426 g/mol. The lowest BCUT2D eigenvalue weighted by Gasteiger charge is -2.35. The van der Waals surface area contributed by atoms with E-state index in [4.69, 9.17) is 0 Å². The molecule has 5 rings (SSSR count). The van der Waals surface area contributed by atoms with Gasteiger partial charge in [0.25, 0.3) is 0 Å². The van der Waals surface area contributed by atoms with E-state index < -0.39 is 11.6 Å². The molecule has 1 amide bonds. The van der Waals surface area contributed by atoms with E-state index in [1.54, 1.807) is 12.1 Å². The Kier molecular flexibility index (Phi) is 4.84. The average Bonchev–Trinajstić information content (AvgIpc) is 3.25. The van der Waals surface area contributed by atoms with Crippen molar-refractivity contribution < 1.29 is 22.8 Å². The summed E-state index contributed by atoms with van der Waals surface area (Å²) in [5, 5.41) is 3.40. The Balaban J connectivity index is 1.44. The van der Waals surface area contributed by atoms with Gasteiger partial charge in [-0.3, -0.25) is 9.59 Å². The molecule has 0 radical (unpaired) electrons. The van der Waals surface area contributed by atoms with Gasteiger partial charge in [0.15, 0.2) is 0 Å². The summed E-state index contributed by atoms with van der Waals surface area (Å²) >= 11 is 0. The Labute approximate surface area is 176 Å². The van der Waals surface area contributed by atoms with Gasteiger partial charge in [-0.1, -0.05) is 0 Å². The lowest BCUT2D eigenvalue weighted by Crippen LogP contribution is -2.42. The minimum absolute atomic E-state index is 0.0593. The molecule has 4 nitrogen and oxygen atoms in total. The van der Waals surface area contributed by atoms with Gasteiger partial charge in [-0.05, 0) is 66.6 Å². The number of rotatable bonds is 4. The number of nitrogens with one attached hydrogen (secondary N) is 2. The number of amides is 1. The third-order valence-corrected chi connectivity index (χ3v) is 6.51. The molecule has 31 heavy (non-hydrogen) atoms. The fourth-order valence-corrected chi connectivity index (χ4v) is 4.83. The van der Waals surface area contributed by atoms with Crippen molar-refractivity contribution in [1.82, 2.24) is 10.3 Å². The summed E-state index contributed by atoms with van der Waals surface area (Å²) in [7, 11) is 0. The Morgan fingerprint density at radius 2 is 1.77 bits per heavy atom. The molecule has 2 N–H and O–H groups in total. The van der Waals surface area contributed by atoms with Crippen LogP contribution in [0.2, 0.25) is 0 Å². The molecule has 2 aromatic carbocycles. The summed E-state index contributed by atoms with van der Waals surface area (Å²) in [6.45, 7) is 0. The van der Waals surface area contributed by atoms with Crippen LogP contribution in [0.4, 0.5) is 13.2 Å². The second-order valence-electron chi connectivity index (χ2n) is 8.58. The van der Waals surface area contributed by atoms with E-state index in [-0.39, 0.29) is 40.9 Å². The van der Waals surface area contributed by atoms with Crippen LogP contribution in [0.3, 0.4) is 0 Å². The van der Waals surface area contributed by atoms with Crippen LogP contribution in [0.5, 0.6) is 0 Å². The van der Waals surface area contributed by atoms with E-state index in [1.165, 1.54) is 18.2 Å². The number of hydrogen-bond acceptors (Lipinski definition) is 2. The summed E-state index contributed by atoms with van der Waals surface area (Å²) in [5.74, 6) is -1.91. The van der Waals surface area contributed by atoms with Crippen LogP contribution >= 0.6 is 0 Å². The van der Waals surface area contributed by atoms with Crippen LogP contribution in [0.15, 0.2) is 36.4 Å². The number of benzene rings is 2. The fourth-order valence-electron chi connectivity index (χ4n) is 4.83. The molecule has 1 aromatic heterocycles. The summed E-state index contributed by atoms with van der Waals surface area (Å²) in [6, 6.07) is 7.87. The van der Waals surface area contributed by atoms with Crippen molar-refractivity contribution in [2.24, 2.45) is 5.92 Å². The van der Waals surface area contributed by atoms with Crippen LogP contribution in [-0.4, -0.2) is 22.7 Å². The molecule has 2 aliphatic carbocycles. The monoisotopic (exact) mass is 426 g/mol. The number of H-pyrrole nitrogens is 1. The molecule has 0 unspecified atom stereocenters. The quantitative estimate of drug-likeness (QED) is 0.618. The molecule has 0 spiro atoms. The first-order valence-electron chi connectivity index (χ1n) is 10.5. The topological polar surface area (TPSA) is 62.0 Å². The fraction of sp³-hybridized carbons (Fsp3) is 0.333. The van der Waals surface area contributed by atoms with Crippen molar-refractivity contribution in [1.29, 1.82) is 0 Å². The number of hydrogen-bond donors (Lipinski definition) is 2. The van der Waals surface area contributed by atoms with Crippen molar-refractivity contribution in [3.63, 3.8) is 0 Å². The van der Waals surface area contributed by atoms with E-state index in [2.05, 4.69) is 10.3 Å². The minimum Gasteiger partial charge on any atom is -0.353 e. The highest BCUT2D eigenvalue weighted by Gasteiger charge is 2.39. The maximum atomic E-state index is 14.4. The maximum Gasteiger partial charge on any atom is 0.223 e. The summed E-state index contributed by atoms with van der Waals surface area (Å²) in [4.78, 5) is 27.1. The lowest BCUT2D eigenvalue weighted by molar-refractivity contribution is -0.128. The predicted octanol–water partition coefficient (Wildman–Crippen LogP) is 4.98. The molecular formula is C24H21F3N2O2. The highest BCUT2D eigenvalue weighted by molar-refractivity contribution is 5.93. The third-order valence-electron chi connectivity index (χ3n) is 6.51. The van der Waals surface area contributed by atoms with Crippen LogP contribution in [0.25, 0.3) is 22.2 Å². The number of aromatic amines is 1. The van der Waals surface area contributed by atoms with Gasteiger partial charge >= 0.3 is 0 Å². The summed E-state index contributed by atoms with van der Waals surface area (Å²) in [5.41, 5.74) is 2.24. The van der Waals surface area contributed by atoms with E-state index in [0.29, 0.717) is 48.7 Å². The number of halogens is 3. The molecule has 2 saturated carbocycles. The number of ketones is 1. The van der Waals surface area contributed by atoms with E-state index >= 15 is 0 Å². The molecular weight excluding hydrogens is 405 g/mol. The SMILES string of the molecule is O=C1CC[C@@H](NC(=O)C2CC(c3c(-c4ccc(F)cc4)[nH]c4c(F)cc(F)cc34)C2)C1. The molecule has 0 saturated heterocycles. The number of carbonyl (C=O) groups is 2. The molecule has 0 bridgehead atoms. The molecule has 160 valence electrons. The van der Waals surface area contributed by atoms with E-state index in [0.717, 1.165) is 11.6 Å². The second kappa shape index (κ2) is 7.55. The first-order valence-corrected chi connectivity index (χ1v) is 10.5. The second-order valence-corrected chi connectivity index (χ2v) is 8.58. The molecule has 1 atom stereocenters. The zero-order valence-corrected chi connectivity index (χ0v) is 16.7. The van der Waals surface area contributed by atoms with E-state index in [9.17, 15) is 22.8 Å². The lowest BCUT2D eigenvalue weighted by atomic mass is 9.69. The Morgan fingerprint density at radius 3 is 2.45 bits per heavy atom. The number of aromatic nitrogens is 1. The zero-order chi connectivity index (χ0) is 21.7. The van der Waals surface area contributed by atoms with E-state index in [1.807, 2.05) is 0 Å². The standard InChI is InChI=1S/C24H21F3N2O2/c25-15-3-1-12(2-4-15)22-21(19-9-16(26)10-20(27)23(19)29-22)13-7-14(8-13)24(31)28-17-5-6-18(30)11-17/h1-4,9-10,13-14,17,29H,5-8,11H2,(H,28,31)/t13?,14?,17-/m1/s1. The summed E-state index contributed by atoms with van der Waals surface area (Å²) in [6.07, 6.45) is 2.66. The zero-order valence-electron chi connectivity index (χ0n) is 16.7. The number of carbonyl (C=O) groups excluding carboxylic acids is 2. The van der Waals surface area contributed by atoms with Gasteiger partial charge in [0, 0.05) is 36.3 Å². The highest BCUT2D eigenvalue weighted by Crippen LogP contribution is 2.48. The van der Waals surface area contributed by atoms with Gasteiger partial charge in [0.05, 0.1) is 11.2 Å². The minimum atomic E-state index is -0.691. The molecule has 1 heterocycles. The number of Topliss-reactive ketones (excluding diaryl/α,β-unsaturated/α-hetero) is 1. The van der Waals surface area contributed by atoms with Gasteiger partial charge in [0.1, 0.15) is 23.2 Å². The largest absolute Gasteiger partial charge is 0.353 e. The normalized spacial score (nSPS) is 23.2. The Morgan fingerprint density at radius 1 is 1.03 bits per heavy atom. The van der Waals surface area contributed by atoms with Crippen molar-refractivity contribution >= 4 is 22.6 Å². The highest BCUT2D eigenvalue weighted by atomic mass is 19.1. The molecule has 2 fully saturated rings. The molecule has 0 aliphatic heterocycles. The Bertz CT molecular complexity index is 1180. The molecule has 7 heteroatoms. The van der Waals surface area contributed by atoms with Crippen molar-refractivity contribution in [3.8, 4) is 11.3 Å². The van der Waals surface area contributed by atoms with Crippen molar-refractivity contribution in [2.75, 3.05) is 0 Å². The van der Waals surface area contributed by atoms with Gasteiger partial charge in [-0.2, -0.15) is 0 Å². The Hall–Kier alpha value is -3.09. The van der Waals surface area contributed by atoms with Gasteiger partial charge in [-0.15, -0.1) is 0 Å². The van der Waals surface area contributed by atoms with Crippen LogP contribution in [-0.2, 0) is 9.59 Å². The predicted molar refractivity (Wildman–Crippen MR) is 110 cm³/mol. The summed E-state index contributed by atoms with van der Waals surface area (Å²) < 4.78 is 41.8. The van der Waals surface area contributed by atoms with Crippen LogP contribution in [0, 0.1) is 23.4 Å². The third kappa shape index (κ3) is 3.62. The van der Waals surface area contributed by atoms with Crippen molar-refractivity contribution in [2.45, 2.75) is 44.1 Å². The van der Waals surface area contributed by atoms with Gasteiger partial charge in [0.2, 0.25) is 5.91 Å². The van der Waals surface area contributed by atoms with Crippen molar-refractivity contribution in [3.05, 3.63) is 59.4 Å². The van der Waals surface area contributed by atoms with Gasteiger partial charge in [-0.25, -0.2) is 13.2 Å². The molecule has 3 aromatic rings. The van der Waals surface area contributed by atoms with Crippen LogP contribution < -0.4 is 5.32 Å². The first kappa shape index (κ1) is 19.8.